The van der Waals surface area contributed by atoms with Crippen LogP contribution in [0.2, 0.25) is 0 Å². The van der Waals surface area contributed by atoms with Crippen molar-refractivity contribution in [3.63, 3.8) is 0 Å². The second kappa shape index (κ2) is 6.63. The Kier molecular flexibility index (Phi) is 4.87. The van der Waals surface area contributed by atoms with Crippen molar-refractivity contribution in [2.45, 2.75) is 32.7 Å². The topological polar surface area (TPSA) is 58.0 Å². The maximum atomic E-state index is 9.50. The Labute approximate surface area is 117 Å². The Morgan fingerprint density at radius 2 is 2.16 bits per heavy atom. The summed E-state index contributed by atoms with van der Waals surface area (Å²) in [4.78, 5) is 0. The van der Waals surface area contributed by atoms with E-state index in [0.717, 1.165) is 35.0 Å². The lowest BCUT2D eigenvalue weighted by atomic mass is 10.2. The van der Waals surface area contributed by atoms with Gasteiger partial charge in [-0.3, -0.25) is 0 Å². The molecule has 4 nitrogen and oxygen atoms in total. The van der Waals surface area contributed by atoms with Gasteiger partial charge in [0.05, 0.1) is 6.04 Å². The minimum Gasteiger partial charge on any atom is -0.508 e. The predicted molar refractivity (Wildman–Crippen MR) is 78.3 cm³/mol. The summed E-state index contributed by atoms with van der Waals surface area (Å²) in [6.45, 7) is 5.28. The average Bonchev–Trinajstić information content (AvgIpc) is 2.89. The molecule has 102 valence electrons. The maximum Gasteiger partial charge on any atom is 0.147 e. The van der Waals surface area contributed by atoms with Crippen LogP contribution < -0.4 is 5.32 Å². The molecule has 0 aliphatic rings. The molecule has 0 amide bonds. The quantitative estimate of drug-likeness (QED) is 0.850. The molecular formula is C14H19N3OS. The van der Waals surface area contributed by atoms with Crippen molar-refractivity contribution < 1.29 is 5.11 Å². The fourth-order valence-electron chi connectivity index (χ4n) is 1.86. The molecule has 0 saturated heterocycles. The highest BCUT2D eigenvalue weighted by Gasteiger charge is 2.15. The lowest BCUT2D eigenvalue weighted by Gasteiger charge is -2.12. The number of rotatable bonds is 6. The van der Waals surface area contributed by atoms with Gasteiger partial charge in [-0.15, -0.1) is 10.2 Å². The van der Waals surface area contributed by atoms with E-state index >= 15 is 0 Å². The lowest BCUT2D eigenvalue weighted by Crippen LogP contribution is -2.21. The Balaban J connectivity index is 2.18. The second-order valence-electron chi connectivity index (χ2n) is 4.41. The first kappa shape index (κ1) is 14.0. The van der Waals surface area contributed by atoms with Gasteiger partial charge in [0.15, 0.2) is 0 Å². The van der Waals surface area contributed by atoms with Gasteiger partial charge in [-0.25, -0.2) is 0 Å². The average molecular weight is 277 g/mol. The number of nitrogens with one attached hydrogen (secondary N) is 1. The van der Waals surface area contributed by atoms with Gasteiger partial charge in [-0.05, 0) is 31.5 Å². The number of hydrogen-bond acceptors (Lipinski definition) is 5. The highest BCUT2D eigenvalue weighted by atomic mass is 32.1. The van der Waals surface area contributed by atoms with E-state index in [1.54, 1.807) is 23.5 Å². The Morgan fingerprint density at radius 1 is 1.32 bits per heavy atom. The van der Waals surface area contributed by atoms with Gasteiger partial charge in [-0.2, -0.15) is 0 Å². The van der Waals surface area contributed by atoms with Crippen molar-refractivity contribution in [2.75, 3.05) is 6.54 Å². The molecule has 2 aromatic rings. The van der Waals surface area contributed by atoms with E-state index in [2.05, 4.69) is 29.4 Å². The molecule has 0 radical (unpaired) electrons. The standard InChI is InChI=1S/C14H19N3OS/c1-3-8-15-12(4-2)14-17-16-13(19-14)10-6-5-7-11(18)9-10/h5-7,9,12,15,18H,3-4,8H2,1-2H3. The molecule has 2 rings (SSSR count). The first-order valence-corrected chi connectivity index (χ1v) is 7.42. The van der Waals surface area contributed by atoms with E-state index in [-0.39, 0.29) is 11.8 Å². The van der Waals surface area contributed by atoms with Crippen LogP contribution in [0, 0.1) is 0 Å². The highest BCUT2D eigenvalue weighted by molar-refractivity contribution is 7.14. The molecular weight excluding hydrogens is 258 g/mol. The van der Waals surface area contributed by atoms with E-state index in [0.29, 0.717) is 0 Å². The van der Waals surface area contributed by atoms with E-state index < -0.39 is 0 Å². The van der Waals surface area contributed by atoms with Gasteiger partial charge in [0.2, 0.25) is 0 Å². The zero-order valence-corrected chi connectivity index (χ0v) is 12.1. The molecule has 1 heterocycles. The van der Waals surface area contributed by atoms with Gasteiger partial charge in [0, 0.05) is 5.56 Å². The summed E-state index contributed by atoms with van der Waals surface area (Å²) < 4.78 is 0. The molecule has 0 aliphatic heterocycles. The van der Waals surface area contributed by atoms with Crippen molar-refractivity contribution in [2.24, 2.45) is 0 Å². The van der Waals surface area contributed by atoms with E-state index in [1.165, 1.54) is 0 Å². The third kappa shape index (κ3) is 3.52. The molecule has 19 heavy (non-hydrogen) atoms. The normalized spacial score (nSPS) is 12.5. The van der Waals surface area contributed by atoms with E-state index in [9.17, 15) is 5.11 Å². The molecule has 1 unspecified atom stereocenters. The smallest absolute Gasteiger partial charge is 0.147 e. The first-order chi connectivity index (χ1) is 9.24. The minimum absolute atomic E-state index is 0.255. The summed E-state index contributed by atoms with van der Waals surface area (Å²) in [6.07, 6.45) is 2.10. The van der Waals surface area contributed by atoms with Crippen molar-refractivity contribution in [3.8, 4) is 16.3 Å². The largest absolute Gasteiger partial charge is 0.508 e. The van der Waals surface area contributed by atoms with Crippen molar-refractivity contribution >= 4 is 11.3 Å². The predicted octanol–water partition coefficient (Wildman–Crippen LogP) is 3.36. The number of benzene rings is 1. The van der Waals surface area contributed by atoms with Crippen molar-refractivity contribution in [1.29, 1.82) is 0 Å². The first-order valence-electron chi connectivity index (χ1n) is 6.60. The van der Waals surface area contributed by atoms with Crippen LogP contribution in [0.1, 0.15) is 37.7 Å². The summed E-state index contributed by atoms with van der Waals surface area (Å²) in [7, 11) is 0. The van der Waals surface area contributed by atoms with Crippen LogP contribution in [0.25, 0.3) is 10.6 Å². The third-order valence-corrected chi connectivity index (χ3v) is 3.97. The monoisotopic (exact) mass is 277 g/mol. The van der Waals surface area contributed by atoms with Gasteiger partial charge in [-0.1, -0.05) is 37.3 Å². The number of phenols is 1. The number of nitrogens with zero attached hydrogens (tertiary/aromatic N) is 2. The van der Waals surface area contributed by atoms with Gasteiger partial charge >= 0.3 is 0 Å². The van der Waals surface area contributed by atoms with E-state index in [4.69, 9.17) is 0 Å². The molecule has 2 N–H and O–H groups in total. The number of aromatic nitrogens is 2. The van der Waals surface area contributed by atoms with Crippen LogP contribution in [0.3, 0.4) is 0 Å². The molecule has 1 aromatic heterocycles. The molecule has 0 bridgehead atoms. The van der Waals surface area contributed by atoms with Crippen LogP contribution in [0.5, 0.6) is 5.75 Å². The molecule has 1 atom stereocenters. The number of hydrogen-bond donors (Lipinski definition) is 2. The van der Waals surface area contributed by atoms with Gasteiger partial charge in [0.25, 0.3) is 0 Å². The summed E-state index contributed by atoms with van der Waals surface area (Å²) >= 11 is 1.58. The van der Waals surface area contributed by atoms with Crippen LogP contribution in [-0.2, 0) is 0 Å². The van der Waals surface area contributed by atoms with Crippen molar-refractivity contribution in [3.05, 3.63) is 29.3 Å². The minimum atomic E-state index is 0.255. The molecule has 0 saturated carbocycles. The summed E-state index contributed by atoms with van der Waals surface area (Å²) in [6, 6.07) is 7.39. The van der Waals surface area contributed by atoms with E-state index in [1.807, 2.05) is 12.1 Å². The maximum absolute atomic E-state index is 9.50. The van der Waals surface area contributed by atoms with Crippen LogP contribution >= 0.6 is 11.3 Å². The summed E-state index contributed by atoms with van der Waals surface area (Å²) in [5, 5.41) is 23.3. The van der Waals surface area contributed by atoms with Crippen molar-refractivity contribution in [1.82, 2.24) is 15.5 Å². The summed E-state index contributed by atoms with van der Waals surface area (Å²) in [5.41, 5.74) is 0.911. The fourth-order valence-corrected chi connectivity index (χ4v) is 2.85. The van der Waals surface area contributed by atoms with Gasteiger partial charge < -0.3 is 10.4 Å². The van der Waals surface area contributed by atoms with Crippen LogP contribution in [0.15, 0.2) is 24.3 Å². The molecule has 5 heteroatoms. The third-order valence-electron chi connectivity index (χ3n) is 2.88. The Hall–Kier alpha value is -1.46. The van der Waals surface area contributed by atoms with Crippen LogP contribution in [-0.4, -0.2) is 21.8 Å². The zero-order chi connectivity index (χ0) is 13.7. The second-order valence-corrected chi connectivity index (χ2v) is 5.42. The molecule has 1 aromatic carbocycles. The summed E-state index contributed by atoms with van der Waals surface area (Å²) in [5.74, 6) is 0.255. The SMILES string of the molecule is CCCNC(CC)c1nnc(-c2cccc(O)c2)s1. The molecule has 0 fully saturated rings. The molecule has 0 spiro atoms. The zero-order valence-electron chi connectivity index (χ0n) is 11.3. The Bertz CT molecular complexity index is 527. The molecule has 0 aliphatic carbocycles. The van der Waals surface area contributed by atoms with Crippen LogP contribution in [0.4, 0.5) is 0 Å². The highest BCUT2D eigenvalue weighted by Crippen LogP contribution is 2.29. The lowest BCUT2D eigenvalue weighted by molar-refractivity contribution is 0.475. The number of phenolic OH excluding ortho intramolecular Hbond substituents is 1. The Morgan fingerprint density at radius 3 is 2.84 bits per heavy atom. The number of aromatic hydroxyl groups is 1. The fraction of sp³-hybridized carbons (Fsp3) is 0.429. The van der Waals surface area contributed by atoms with Gasteiger partial charge in [0.1, 0.15) is 15.8 Å².